The first-order valence-corrected chi connectivity index (χ1v) is 11.5. The normalized spacial score (nSPS) is 19.1. The van der Waals surface area contributed by atoms with E-state index in [1.165, 1.54) is 35.8 Å². The highest BCUT2D eigenvalue weighted by Gasteiger charge is 2.50. The van der Waals surface area contributed by atoms with Gasteiger partial charge >= 0.3 is 0 Å². The third-order valence-electron chi connectivity index (χ3n) is 5.31. The second-order valence-electron chi connectivity index (χ2n) is 8.13. The van der Waals surface area contributed by atoms with E-state index < -0.39 is 10.9 Å². The number of thioether (sulfide) groups is 1. The van der Waals surface area contributed by atoms with Crippen molar-refractivity contribution in [2.45, 2.75) is 44.5 Å². The van der Waals surface area contributed by atoms with E-state index in [9.17, 15) is 14.0 Å². The molecule has 0 aliphatic carbocycles. The van der Waals surface area contributed by atoms with Crippen LogP contribution in [0.25, 0.3) is 0 Å². The molecule has 8 heteroatoms. The molecule has 2 aromatic rings. The highest BCUT2D eigenvalue weighted by Crippen LogP contribution is 2.50. The molecular weight excluding hydrogens is 427 g/mol. The molecule has 1 aliphatic rings. The van der Waals surface area contributed by atoms with Crippen LogP contribution in [0, 0.1) is 11.7 Å². The summed E-state index contributed by atoms with van der Waals surface area (Å²) in [5.74, 6) is -1.12. The molecule has 0 saturated heterocycles. The van der Waals surface area contributed by atoms with Crippen molar-refractivity contribution >= 4 is 28.6 Å². The number of carbonyl (C=O) groups is 2. The van der Waals surface area contributed by atoms with Crippen LogP contribution in [0.1, 0.15) is 44.7 Å². The number of hydrogen-bond acceptors (Lipinski definition) is 5. The molecule has 3 rings (SSSR count). The Hall–Kier alpha value is -2.71. The second-order valence-corrected chi connectivity index (χ2v) is 9.40. The molecule has 0 spiro atoms. The van der Waals surface area contributed by atoms with Crippen molar-refractivity contribution in [3.63, 3.8) is 0 Å². The molecule has 170 valence electrons. The largest absolute Gasteiger partial charge is 0.344 e. The van der Waals surface area contributed by atoms with Crippen molar-refractivity contribution in [1.82, 2.24) is 10.3 Å². The summed E-state index contributed by atoms with van der Waals surface area (Å²) in [6, 6.07) is 15.1. The zero-order valence-corrected chi connectivity index (χ0v) is 19.4. The number of benzene rings is 2. The minimum absolute atomic E-state index is 0.146. The van der Waals surface area contributed by atoms with Crippen LogP contribution < -0.4 is 11.1 Å². The topological polar surface area (TPSA) is 87.8 Å². The van der Waals surface area contributed by atoms with Crippen LogP contribution in [0.4, 0.5) is 4.39 Å². The molecule has 0 aromatic heterocycles. The third-order valence-corrected chi connectivity index (χ3v) is 6.78. The quantitative estimate of drug-likeness (QED) is 0.632. The molecule has 2 atom stereocenters. The molecule has 0 radical (unpaired) electrons. The number of hydrazone groups is 1. The fourth-order valence-corrected chi connectivity index (χ4v) is 5.15. The van der Waals surface area contributed by atoms with Crippen molar-refractivity contribution < 1.29 is 14.0 Å². The summed E-state index contributed by atoms with van der Waals surface area (Å²) >= 11 is 1.42. The highest BCUT2D eigenvalue weighted by atomic mass is 32.2. The molecule has 0 saturated carbocycles. The summed E-state index contributed by atoms with van der Waals surface area (Å²) < 4.78 is 14.0. The van der Waals surface area contributed by atoms with Gasteiger partial charge in [0.25, 0.3) is 5.91 Å². The minimum Gasteiger partial charge on any atom is -0.344 e. The van der Waals surface area contributed by atoms with Gasteiger partial charge in [0.05, 0.1) is 0 Å². The number of nitrogens with two attached hydrogens (primary N) is 1. The number of rotatable bonds is 8. The summed E-state index contributed by atoms with van der Waals surface area (Å²) in [6.07, 6.45) is 1.21. The average molecular weight is 457 g/mol. The summed E-state index contributed by atoms with van der Waals surface area (Å²) in [5, 5.41) is 9.49. The Morgan fingerprint density at radius 2 is 1.91 bits per heavy atom. The first kappa shape index (κ1) is 23.9. The van der Waals surface area contributed by atoms with E-state index in [-0.39, 0.29) is 23.5 Å². The zero-order valence-electron chi connectivity index (χ0n) is 18.5. The van der Waals surface area contributed by atoms with Gasteiger partial charge in [-0.2, -0.15) is 5.10 Å². The average Bonchev–Trinajstić information content (AvgIpc) is 3.17. The Bertz CT molecular complexity index is 999. The fraction of sp³-hybridized carbons (Fsp3) is 0.375. The molecule has 1 aliphatic heterocycles. The number of amides is 2. The molecule has 2 amide bonds. The second kappa shape index (κ2) is 10.3. The number of hydrogen-bond donors (Lipinski definition) is 2. The Morgan fingerprint density at radius 3 is 2.50 bits per heavy atom. The summed E-state index contributed by atoms with van der Waals surface area (Å²) in [5.41, 5.74) is 7.34. The lowest BCUT2D eigenvalue weighted by molar-refractivity contribution is -0.140. The maximum Gasteiger partial charge on any atom is 0.267 e. The van der Waals surface area contributed by atoms with Crippen molar-refractivity contribution in [3.05, 3.63) is 71.5 Å². The Balaban J connectivity index is 2.14. The first-order valence-electron chi connectivity index (χ1n) is 10.7. The number of nitrogens with zero attached hydrogens (tertiary/aromatic N) is 2. The van der Waals surface area contributed by atoms with Gasteiger partial charge in [0.2, 0.25) is 5.91 Å². The van der Waals surface area contributed by atoms with Gasteiger partial charge in [0.15, 0.2) is 0 Å². The van der Waals surface area contributed by atoms with Crippen molar-refractivity contribution in [2.75, 3.05) is 6.54 Å². The minimum atomic E-state index is -0.856. The van der Waals surface area contributed by atoms with Crippen LogP contribution in [-0.4, -0.2) is 34.5 Å². The van der Waals surface area contributed by atoms with Crippen molar-refractivity contribution in [2.24, 2.45) is 16.8 Å². The number of halogens is 1. The van der Waals surface area contributed by atoms with Crippen LogP contribution in [0.5, 0.6) is 0 Å². The van der Waals surface area contributed by atoms with Crippen LogP contribution in [0.15, 0.2) is 59.7 Å². The van der Waals surface area contributed by atoms with Gasteiger partial charge in [-0.1, -0.05) is 68.1 Å². The van der Waals surface area contributed by atoms with Crippen molar-refractivity contribution in [1.29, 1.82) is 0 Å². The van der Waals surface area contributed by atoms with Gasteiger partial charge in [-0.25, -0.2) is 9.40 Å². The third kappa shape index (κ3) is 5.02. The van der Waals surface area contributed by atoms with Gasteiger partial charge in [0.1, 0.15) is 21.8 Å². The van der Waals surface area contributed by atoms with E-state index in [1.807, 2.05) is 44.2 Å². The van der Waals surface area contributed by atoms with E-state index in [2.05, 4.69) is 5.32 Å². The van der Waals surface area contributed by atoms with Gasteiger partial charge in [0, 0.05) is 12.5 Å². The first-order chi connectivity index (χ1) is 15.3. The predicted molar refractivity (Wildman–Crippen MR) is 126 cm³/mol. The number of nitrogens with one attached hydrogen (secondary N) is 1. The van der Waals surface area contributed by atoms with E-state index in [4.69, 9.17) is 10.8 Å². The standard InChI is InChI=1S/C24H29FN4O2S/c1-16(2)21(27-17(3)30)23(31)29-24(13-8-14-26,19-10-5-4-6-11-19)32-22(28-29)18-9-7-12-20(25)15-18/h4-7,9-12,15-16,21H,8,13-14,26H2,1-3H3,(H,27,30). The zero-order chi connectivity index (χ0) is 23.3. The molecule has 1 heterocycles. The van der Waals surface area contributed by atoms with Gasteiger partial charge in [-0.3, -0.25) is 9.59 Å². The lowest BCUT2D eigenvalue weighted by Gasteiger charge is -2.38. The molecule has 32 heavy (non-hydrogen) atoms. The van der Waals surface area contributed by atoms with E-state index in [1.54, 1.807) is 12.1 Å². The Labute approximate surface area is 192 Å². The lowest BCUT2D eigenvalue weighted by atomic mass is 9.97. The van der Waals surface area contributed by atoms with E-state index >= 15 is 0 Å². The molecule has 2 aromatic carbocycles. The Kier molecular flexibility index (Phi) is 7.69. The van der Waals surface area contributed by atoms with E-state index in [0.717, 1.165) is 5.56 Å². The predicted octanol–water partition coefficient (Wildman–Crippen LogP) is 3.82. The highest BCUT2D eigenvalue weighted by molar-refractivity contribution is 8.15. The van der Waals surface area contributed by atoms with Crippen LogP contribution in [0.3, 0.4) is 0 Å². The summed E-state index contributed by atoms with van der Waals surface area (Å²) in [4.78, 5) is 24.8. The summed E-state index contributed by atoms with van der Waals surface area (Å²) in [7, 11) is 0. The molecule has 6 nitrogen and oxygen atoms in total. The Morgan fingerprint density at radius 1 is 1.19 bits per heavy atom. The molecule has 3 N–H and O–H groups in total. The maximum atomic E-state index is 14.0. The lowest BCUT2D eigenvalue weighted by Crippen LogP contribution is -2.53. The van der Waals surface area contributed by atoms with Crippen LogP contribution in [0.2, 0.25) is 0 Å². The fourth-order valence-electron chi connectivity index (χ4n) is 3.75. The maximum absolute atomic E-state index is 14.0. The SMILES string of the molecule is CC(=O)NC(C(=O)N1N=C(c2cccc(F)c2)SC1(CCCN)c1ccccc1)C(C)C. The number of carbonyl (C=O) groups excluding carboxylic acids is 2. The van der Waals surface area contributed by atoms with E-state index in [0.29, 0.717) is 30.0 Å². The molecular formula is C24H29FN4O2S. The summed E-state index contributed by atoms with van der Waals surface area (Å²) in [6.45, 7) is 5.60. The molecule has 0 fully saturated rings. The smallest absolute Gasteiger partial charge is 0.267 e. The van der Waals surface area contributed by atoms with Crippen LogP contribution in [-0.2, 0) is 14.5 Å². The monoisotopic (exact) mass is 456 g/mol. The molecule has 2 unspecified atom stereocenters. The van der Waals surface area contributed by atoms with Gasteiger partial charge < -0.3 is 11.1 Å². The molecule has 0 bridgehead atoms. The van der Waals surface area contributed by atoms with Gasteiger partial charge in [-0.05, 0) is 43.0 Å². The van der Waals surface area contributed by atoms with Crippen molar-refractivity contribution in [3.8, 4) is 0 Å². The van der Waals surface area contributed by atoms with Gasteiger partial charge in [-0.15, -0.1) is 0 Å². The van der Waals surface area contributed by atoms with Crippen LogP contribution >= 0.6 is 11.8 Å².